The summed E-state index contributed by atoms with van der Waals surface area (Å²) in [7, 11) is 0. The van der Waals surface area contributed by atoms with E-state index in [4.69, 9.17) is 37.2 Å². The van der Waals surface area contributed by atoms with E-state index in [0.29, 0.717) is 46.2 Å². The molecule has 2 aromatic heterocycles. The zero-order chi connectivity index (χ0) is 27.8. The molecular formula is C30H34Cl2N2O5. The lowest BCUT2D eigenvalue weighted by molar-refractivity contribution is -0.0954. The lowest BCUT2D eigenvalue weighted by atomic mass is 9.68. The Morgan fingerprint density at radius 1 is 1.13 bits per heavy atom. The second kappa shape index (κ2) is 11.1. The molecule has 0 amide bonds. The normalized spacial score (nSPS) is 23.1. The second-order valence-corrected chi connectivity index (χ2v) is 12.2. The van der Waals surface area contributed by atoms with E-state index in [0.717, 1.165) is 61.8 Å². The van der Waals surface area contributed by atoms with E-state index in [1.54, 1.807) is 24.5 Å². The summed E-state index contributed by atoms with van der Waals surface area (Å²) >= 11 is 12.9. The van der Waals surface area contributed by atoms with Crippen LogP contribution in [0.4, 0.5) is 0 Å². The van der Waals surface area contributed by atoms with Gasteiger partial charge in [-0.05, 0) is 82.6 Å². The van der Waals surface area contributed by atoms with Crippen molar-refractivity contribution in [2.24, 2.45) is 5.41 Å². The number of carboxylic acids is 1. The minimum atomic E-state index is -0.950. The Labute approximate surface area is 238 Å². The first kappa shape index (κ1) is 27.9. The molecule has 1 aromatic carbocycles. The number of hydrogen-bond acceptors (Lipinski definition) is 6. The second-order valence-electron chi connectivity index (χ2n) is 11.3. The van der Waals surface area contributed by atoms with Gasteiger partial charge in [0.1, 0.15) is 17.2 Å². The summed E-state index contributed by atoms with van der Waals surface area (Å²) in [5, 5.41) is 14.6. The average Bonchev–Trinajstić information content (AvgIpc) is 3.67. The van der Waals surface area contributed by atoms with Crippen LogP contribution in [0.1, 0.15) is 92.0 Å². The highest BCUT2D eigenvalue weighted by molar-refractivity contribution is 6.38. The molecule has 2 heterocycles. The van der Waals surface area contributed by atoms with Gasteiger partial charge in [-0.1, -0.05) is 35.3 Å². The van der Waals surface area contributed by atoms with Crippen LogP contribution >= 0.6 is 23.2 Å². The van der Waals surface area contributed by atoms with Gasteiger partial charge in [0, 0.05) is 34.9 Å². The molecule has 208 valence electrons. The Kier molecular flexibility index (Phi) is 7.96. The SMILES string of the molecule is CCC1(COc2cc(C)cc(C(=O)O)c2)CCC(C)(OCc2c(-c3c(Cl)cncc3Cl)noc2C2CC2)CC1. The molecule has 0 bridgehead atoms. The standard InChI is InChI=1S/C30H34Cl2N2O5/c1-4-30(17-37-21-12-18(2)11-20(13-21)28(35)36)9-7-29(3,8-10-30)38-16-22-26(34-39-27(22)19-5-6-19)25-23(31)14-33-15-24(25)32/h11-15,19H,4-10,16-17H2,1-3H3,(H,35,36). The van der Waals surface area contributed by atoms with Crippen LogP contribution in [0.3, 0.4) is 0 Å². The zero-order valence-electron chi connectivity index (χ0n) is 22.6. The maximum atomic E-state index is 11.5. The first-order chi connectivity index (χ1) is 18.6. The van der Waals surface area contributed by atoms with Gasteiger partial charge in [-0.25, -0.2) is 4.79 Å². The number of rotatable bonds is 10. The van der Waals surface area contributed by atoms with Gasteiger partial charge in [0.25, 0.3) is 0 Å². The highest BCUT2D eigenvalue weighted by Gasteiger charge is 2.41. The predicted octanol–water partition coefficient (Wildman–Crippen LogP) is 8.25. The van der Waals surface area contributed by atoms with Gasteiger partial charge in [0.05, 0.1) is 34.4 Å². The summed E-state index contributed by atoms with van der Waals surface area (Å²) in [6, 6.07) is 5.14. The lowest BCUT2D eigenvalue weighted by Gasteiger charge is -2.44. The molecule has 0 radical (unpaired) electrons. The molecule has 2 aliphatic rings. The number of benzene rings is 1. The van der Waals surface area contributed by atoms with Crippen LogP contribution in [0.5, 0.6) is 5.75 Å². The number of hydrogen-bond donors (Lipinski definition) is 1. The zero-order valence-corrected chi connectivity index (χ0v) is 24.1. The summed E-state index contributed by atoms with van der Waals surface area (Å²) in [5.74, 6) is 0.875. The van der Waals surface area contributed by atoms with E-state index < -0.39 is 5.97 Å². The minimum absolute atomic E-state index is 0.00955. The summed E-state index contributed by atoms with van der Waals surface area (Å²) in [6.45, 7) is 7.16. The van der Waals surface area contributed by atoms with Crippen molar-refractivity contribution in [1.29, 1.82) is 0 Å². The quantitative estimate of drug-likeness (QED) is 0.261. The molecule has 0 unspecified atom stereocenters. The van der Waals surface area contributed by atoms with Crippen LogP contribution in [0.2, 0.25) is 10.0 Å². The van der Waals surface area contributed by atoms with Gasteiger partial charge in [-0.3, -0.25) is 4.98 Å². The third kappa shape index (κ3) is 6.11. The molecule has 39 heavy (non-hydrogen) atoms. The molecule has 0 atom stereocenters. The van der Waals surface area contributed by atoms with E-state index in [2.05, 4.69) is 24.0 Å². The Hall–Kier alpha value is -2.61. The Morgan fingerprint density at radius 2 is 1.82 bits per heavy atom. The average molecular weight is 574 g/mol. The van der Waals surface area contributed by atoms with Crippen molar-refractivity contribution < 1.29 is 23.9 Å². The number of carbonyl (C=O) groups is 1. The van der Waals surface area contributed by atoms with Crippen molar-refractivity contribution >= 4 is 29.2 Å². The largest absolute Gasteiger partial charge is 0.493 e. The van der Waals surface area contributed by atoms with E-state index in [1.165, 1.54) is 0 Å². The highest BCUT2D eigenvalue weighted by atomic mass is 35.5. The van der Waals surface area contributed by atoms with Gasteiger partial charge >= 0.3 is 5.97 Å². The Bertz CT molecular complexity index is 1340. The minimum Gasteiger partial charge on any atom is -0.493 e. The van der Waals surface area contributed by atoms with E-state index in [-0.39, 0.29) is 16.6 Å². The lowest BCUT2D eigenvalue weighted by Crippen LogP contribution is -2.41. The fourth-order valence-corrected chi connectivity index (χ4v) is 6.00. The number of nitrogens with zero attached hydrogens (tertiary/aromatic N) is 2. The van der Waals surface area contributed by atoms with E-state index in [1.807, 2.05) is 13.0 Å². The number of aromatic nitrogens is 2. The smallest absolute Gasteiger partial charge is 0.335 e. The molecule has 3 aromatic rings. The van der Waals surface area contributed by atoms with Gasteiger partial charge in [-0.2, -0.15) is 0 Å². The van der Waals surface area contributed by atoms with Crippen molar-refractivity contribution in [2.45, 2.75) is 83.8 Å². The number of aryl methyl sites for hydroxylation is 1. The van der Waals surface area contributed by atoms with Crippen molar-refractivity contribution in [3.63, 3.8) is 0 Å². The monoisotopic (exact) mass is 572 g/mol. The van der Waals surface area contributed by atoms with E-state index in [9.17, 15) is 9.90 Å². The van der Waals surface area contributed by atoms with Crippen LogP contribution in [-0.4, -0.2) is 33.4 Å². The molecule has 0 spiro atoms. The Morgan fingerprint density at radius 3 is 2.44 bits per heavy atom. The van der Waals surface area contributed by atoms with Crippen LogP contribution in [-0.2, 0) is 11.3 Å². The fraction of sp³-hybridized carbons (Fsp3) is 0.500. The van der Waals surface area contributed by atoms with Crippen LogP contribution in [0.15, 0.2) is 35.1 Å². The molecule has 2 aliphatic carbocycles. The summed E-state index contributed by atoms with van der Waals surface area (Å²) < 4.78 is 18.6. The molecule has 1 N–H and O–H groups in total. The van der Waals surface area contributed by atoms with Crippen LogP contribution < -0.4 is 4.74 Å². The summed E-state index contributed by atoms with van der Waals surface area (Å²) in [6.07, 6.45) is 9.91. The fourth-order valence-electron chi connectivity index (χ4n) is 5.45. The van der Waals surface area contributed by atoms with Gasteiger partial charge in [-0.15, -0.1) is 0 Å². The van der Waals surface area contributed by atoms with Crippen molar-refractivity contribution in [1.82, 2.24) is 10.1 Å². The number of halogens is 2. The molecule has 9 heteroatoms. The number of carboxylic acid groups (broad SMARTS) is 1. The maximum Gasteiger partial charge on any atom is 0.335 e. The Balaban J connectivity index is 1.27. The van der Waals surface area contributed by atoms with E-state index >= 15 is 0 Å². The van der Waals surface area contributed by atoms with Crippen LogP contribution in [0, 0.1) is 12.3 Å². The van der Waals surface area contributed by atoms with Crippen molar-refractivity contribution in [3.8, 4) is 17.0 Å². The highest BCUT2D eigenvalue weighted by Crippen LogP contribution is 2.48. The number of aromatic carboxylic acids is 1. The van der Waals surface area contributed by atoms with Crippen molar-refractivity contribution in [2.75, 3.05) is 6.61 Å². The molecule has 5 rings (SSSR count). The summed E-state index contributed by atoms with van der Waals surface area (Å²) in [5.41, 5.74) is 2.99. The molecule has 2 saturated carbocycles. The summed E-state index contributed by atoms with van der Waals surface area (Å²) in [4.78, 5) is 15.5. The number of ether oxygens (including phenoxy) is 2. The first-order valence-corrected chi connectivity index (χ1v) is 14.3. The first-order valence-electron chi connectivity index (χ1n) is 13.5. The third-order valence-corrected chi connectivity index (χ3v) is 8.96. The van der Waals surface area contributed by atoms with Gasteiger partial charge < -0.3 is 19.1 Å². The van der Waals surface area contributed by atoms with Crippen molar-refractivity contribution in [3.05, 3.63) is 63.1 Å². The van der Waals surface area contributed by atoms with Crippen LogP contribution in [0.25, 0.3) is 11.3 Å². The molecule has 0 aliphatic heterocycles. The number of pyridine rings is 1. The topological polar surface area (TPSA) is 94.7 Å². The molecule has 0 saturated heterocycles. The maximum absolute atomic E-state index is 11.5. The van der Waals surface area contributed by atoms with Gasteiger partial charge in [0.15, 0.2) is 0 Å². The molecule has 2 fully saturated rings. The molecular weight excluding hydrogens is 539 g/mol. The third-order valence-electron chi connectivity index (χ3n) is 8.38. The predicted molar refractivity (Wildman–Crippen MR) is 150 cm³/mol. The van der Waals surface area contributed by atoms with Gasteiger partial charge in [0.2, 0.25) is 0 Å². The molecule has 7 nitrogen and oxygen atoms in total.